The van der Waals surface area contributed by atoms with Crippen LogP contribution in [0.1, 0.15) is 27.1 Å². The van der Waals surface area contributed by atoms with Crippen LogP contribution in [0.5, 0.6) is 11.5 Å². The Morgan fingerprint density at radius 1 is 0.857 bits per heavy atom. The van der Waals surface area contributed by atoms with Gasteiger partial charge in [0.15, 0.2) is 23.1 Å². The molecule has 0 heterocycles. The van der Waals surface area contributed by atoms with Gasteiger partial charge in [0.2, 0.25) is 0 Å². The minimum absolute atomic E-state index is 0.201. The Morgan fingerprint density at radius 3 is 2.19 bits per heavy atom. The van der Waals surface area contributed by atoms with Crippen LogP contribution in [0.3, 0.4) is 0 Å². The topological polar surface area (TPSA) is 52.6 Å². The van der Waals surface area contributed by atoms with E-state index in [9.17, 15) is 9.59 Å². The van der Waals surface area contributed by atoms with E-state index in [0.717, 1.165) is 0 Å². The molecule has 2 aromatic carbocycles. The number of benzene rings is 2. The maximum atomic E-state index is 12.3. The third kappa shape index (κ3) is 3.28. The molecule has 2 aromatic rings. The van der Waals surface area contributed by atoms with Crippen LogP contribution < -0.4 is 9.47 Å². The van der Waals surface area contributed by atoms with E-state index in [2.05, 4.69) is 0 Å². The van der Waals surface area contributed by atoms with Crippen LogP contribution in [-0.2, 0) is 0 Å². The summed E-state index contributed by atoms with van der Waals surface area (Å²) in [6.45, 7) is 0. The van der Waals surface area contributed by atoms with Crippen LogP contribution in [0.25, 0.3) is 0 Å². The molecule has 4 heteroatoms. The van der Waals surface area contributed by atoms with E-state index < -0.39 is 0 Å². The number of para-hydroxylation sites is 1. The Labute approximate surface area is 123 Å². The molecule has 0 fully saturated rings. The van der Waals surface area contributed by atoms with Crippen molar-refractivity contribution >= 4 is 11.6 Å². The highest BCUT2D eigenvalue weighted by atomic mass is 16.5. The Kier molecular flexibility index (Phi) is 4.72. The molecule has 21 heavy (non-hydrogen) atoms. The summed E-state index contributed by atoms with van der Waals surface area (Å²) in [7, 11) is 2.97. The smallest absolute Gasteiger partial charge is 0.174 e. The quantitative estimate of drug-likeness (QED) is 0.604. The van der Waals surface area contributed by atoms with Gasteiger partial charge < -0.3 is 9.47 Å². The second-order valence-electron chi connectivity index (χ2n) is 4.43. The largest absolute Gasteiger partial charge is 0.493 e. The molecule has 2 rings (SSSR count). The van der Waals surface area contributed by atoms with Crippen molar-refractivity contribution in [1.82, 2.24) is 0 Å². The summed E-state index contributed by atoms with van der Waals surface area (Å²) in [6, 6.07) is 13.8. The Morgan fingerprint density at radius 2 is 1.57 bits per heavy atom. The monoisotopic (exact) mass is 284 g/mol. The zero-order chi connectivity index (χ0) is 15.2. The van der Waals surface area contributed by atoms with Gasteiger partial charge in [0.05, 0.1) is 26.2 Å². The van der Waals surface area contributed by atoms with Crippen molar-refractivity contribution in [3.05, 3.63) is 59.7 Å². The molecular weight excluding hydrogens is 268 g/mol. The van der Waals surface area contributed by atoms with Crippen LogP contribution in [0.4, 0.5) is 0 Å². The number of carbonyl (C=O) groups is 2. The molecule has 108 valence electrons. The van der Waals surface area contributed by atoms with Gasteiger partial charge in [-0.3, -0.25) is 9.59 Å². The first-order valence-electron chi connectivity index (χ1n) is 6.49. The Bertz CT molecular complexity index is 647. The van der Waals surface area contributed by atoms with Crippen molar-refractivity contribution in [3.63, 3.8) is 0 Å². The minimum Gasteiger partial charge on any atom is -0.493 e. The molecule has 0 unspecified atom stereocenters. The molecule has 4 nitrogen and oxygen atoms in total. The summed E-state index contributed by atoms with van der Waals surface area (Å²) in [5.74, 6) is 0.312. The van der Waals surface area contributed by atoms with Crippen LogP contribution in [0.2, 0.25) is 0 Å². The maximum Gasteiger partial charge on any atom is 0.174 e. The lowest BCUT2D eigenvalue weighted by molar-refractivity contribution is 0.0892. The standard InChI is InChI=1S/C17H16O4/c1-20-16-10-6-9-13(17(16)21-2)15(19)11-14(18)12-7-4-3-5-8-12/h3-10H,11H2,1-2H3. The molecule has 0 aromatic heterocycles. The molecule has 0 aliphatic rings. The van der Waals surface area contributed by atoms with E-state index in [-0.39, 0.29) is 18.0 Å². The van der Waals surface area contributed by atoms with Crippen LogP contribution in [0.15, 0.2) is 48.5 Å². The number of carbonyl (C=O) groups excluding carboxylic acids is 2. The predicted molar refractivity (Wildman–Crippen MR) is 79.3 cm³/mol. The summed E-state index contributed by atoms with van der Waals surface area (Å²) in [6.07, 6.45) is -0.201. The Hall–Kier alpha value is -2.62. The van der Waals surface area contributed by atoms with Crippen molar-refractivity contribution < 1.29 is 19.1 Å². The molecule has 0 bridgehead atoms. The maximum absolute atomic E-state index is 12.3. The van der Waals surface area contributed by atoms with Crippen molar-refractivity contribution in [2.75, 3.05) is 14.2 Å². The molecule has 0 saturated heterocycles. The number of hydrogen-bond acceptors (Lipinski definition) is 4. The van der Waals surface area contributed by atoms with Gasteiger partial charge in [-0.2, -0.15) is 0 Å². The summed E-state index contributed by atoms with van der Waals surface area (Å²) >= 11 is 0. The molecular formula is C17H16O4. The molecule has 0 spiro atoms. The van der Waals surface area contributed by atoms with Gasteiger partial charge in [-0.15, -0.1) is 0 Å². The molecule has 0 aliphatic carbocycles. The molecule has 0 aliphatic heterocycles. The third-order valence-electron chi connectivity index (χ3n) is 3.12. The molecule has 0 atom stereocenters. The van der Waals surface area contributed by atoms with Gasteiger partial charge in [-0.05, 0) is 12.1 Å². The van der Waals surface area contributed by atoms with Gasteiger partial charge >= 0.3 is 0 Å². The number of hydrogen-bond donors (Lipinski definition) is 0. The lowest BCUT2D eigenvalue weighted by Crippen LogP contribution is -2.10. The van der Waals surface area contributed by atoms with Crippen LogP contribution in [0, 0.1) is 0 Å². The first-order valence-corrected chi connectivity index (χ1v) is 6.49. The molecule has 0 amide bonds. The van der Waals surface area contributed by atoms with Crippen molar-refractivity contribution in [2.45, 2.75) is 6.42 Å². The summed E-state index contributed by atoms with van der Waals surface area (Å²) in [5.41, 5.74) is 0.869. The van der Waals surface area contributed by atoms with E-state index in [0.29, 0.717) is 22.6 Å². The number of methoxy groups -OCH3 is 2. The van der Waals surface area contributed by atoms with Crippen molar-refractivity contribution in [3.8, 4) is 11.5 Å². The Balaban J connectivity index is 2.23. The molecule has 0 saturated carbocycles. The van der Waals surface area contributed by atoms with Crippen LogP contribution in [-0.4, -0.2) is 25.8 Å². The van der Waals surface area contributed by atoms with Gasteiger partial charge in [0.1, 0.15) is 0 Å². The second-order valence-corrected chi connectivity index (χ2v) is 4.43. The van der Waals surface area contributed by atoms with E-state index >= 15 is 0 Å². The summed E-state index contributed by atoms with van der Waals surface area (Å²) in [4.78, 5) is 24.4. The SMILES string of the molecule is COc1cccc(C(=O)CC(=O)c2ccccc2)c1OC. The zero-order valence-electron chi connectivity index (χ0n) is 12.0. The van der Waals surface area contributed by atoms with Crippen molar-refractivity contribution in [1.29, 1.82) is 0 Å². The first kappa shape index (κ1) is 14.8. The lowest BCUT2D eigenvalue weighted by Gasteiger charge is -2.11. The van der Waals surface area contributed by atoms with E-state index in [4.69, 9.17) is 9.47 Å². The molecule has 0 radical (unpaired) electrons. The normalized spacial score (nSPS) is 10.0. The van der Waals surface area contributed by atoms with E-state index in [1.54, 1.807) is 42.5 Å². The highest BCUT2D eigenvalue weighted by Gasteiger charge is 2.19. The first-order chi connectivity index (χ1) is 10.2. The minimum atomic E-state index is -0.292. The fourth-order valence-corrected chi connectivity index (χ4v) is 2.07. The fraction of sp³-hybridized carbons (Fsp3) is 0.176. The third-order valence-corrected chi connectivity index (χ3v) is 3.12. The number of rotatable bonds is 6. The summed E-state index contributed by atoms with van der Waals surface area (Å²) in [5, 5.41) is 0. The average molecular weight is 284 g/mol. The van der Waals surface area contributed by atoms with Gasteiger partial charge in [0.25, 0.3) is 0 Å². The average Bonchev–Trinajstić information content (AvgIpc) is 2.54. The summed E-state index contributed by atoms with van der Waals surface area (Å²) < 4.78 is 10.4. The van der Waals surface area contributed by atoms with Gasteiger partial charge in [-0.1, -0.05) is 36.4 Å². The predicted octanol–water partition coefficient (Wildman–Crippen LogP) is 3.16. The van der Waals surface area contributed by atoms with Gasteiger partial charge in [0, 0.05) is 5.56 Å². The zero-order valence-corrected chi connectivity index (χ0v) is 12.0. The van der Waals surface area contributed by atoms with E-state index in [1.807, 2.05) is 6.07 Å². The van der Waals surface area contributed by atoms with Crippen LogP contribution >= 0.6 is 0 Å². The van der Waals surface area contributed by atoms with Crippen molar-refractivity contribution in [2.24, 2.45) is 0 Å². The number of ketones is 2. The lowest BCUT2D eigenvalue weighted by atomic mass is 10.0. The highest BCUT2D eigenvalue weighted by molar-refractivity contribution is 6.14. The second kappa shape index (κ2) is 6.70. The number of ether oxygens (including phenoxy) is 2. The number of Topliss-reactive ketones (excluding diaryl/α,β-unsaturated/α-hetero) is 2. The fourth-order valence-electron chi connectivity index (χ4n) is 2.07. The highest BCUT2D eigenvalue weighted by Crippen LogP contribution is 2.31. The molecule has 0 N–H and O–H groups in total. The van der Waals surface area contributed by atoms with Gasteiger partial charge in [-0.25, -0.2) is 0 Å². The van der Waals surface area contributed by atoms with E-state index in [1.165, 1.54) is 14.2 Å².